The predicted molar refractivity (Wildman–Crippen MR) is 166 cm³/mol. The van der Waals surface area contributed by atoms with Crippen LogP contribution in [0.1, 0.15) is 57.7 Å². The Labute approximate surface area is 250 Å². The van der Waals surface area contributed by atoms with Crippen molar-refractivity contribution in [1.29, 1.82) is 0 Å². The predicted octanol–water partition coefficient (Wildman–Crippen LogP) is 5.19. The molecule has 2 aliphatic heterocycles. The molecule has 41 heavy (non-hydrogen) atoms. The maximum absolute atomic E-state index is 14.1. The van der Waals surface area contributed by atoms with E-state index < -0.39 is 15.4 Å². The second kappa shape index (κ2) is 12.3. The number of amidine groups is 1. The number of benzene rings is 2. The van der Waals surface area contributed by atoms with Gasteiger partial charge in [0, 0.05) is 37.5 Å². The molecule has 1 fully saturated rings. The summed E-state index contributed by atoms with van der Waals surface area (Å²) in [6.45, 7) is 14.6. The van der Waals surface area contributed by atoms with Crippen molar-refractivity contribution in [3.63, 3.8) is 0 Å². The van der Waals surface area contributed by atoms with Crippen molar-refractivity contribution in [2.24, 2.45) is 4.99 Å². The van der Waals surface area contributed by atoms with E-state index in [1.807, 2.05) is 49.1 Å². The Morgan fingerprint density at radius 3 is 2.32 bits per heavy atom. The summed E-state index contributed by atoms with van der Waals surface area (Å²) in [5, 5.41) is 0.651. The summed E-state index contributed by atoms with van der Waals surface area (Å²) in [5.41, 5.74) is 2.21. The van der Waals surface area contributed by atoms with Crippen molar-refractivity contribution in [3.8, 4) is 5.75 Å². The molecule has 8 nitrogen and oxygen atoms in total. The molecule has 4 rings (SSSR count). The molecule has 0 bridgehead atoms. The van der Waals surface area contributed by atoms with Crippen molar-refractivity contribution in [2.75, 3.05) is 57.9 Å². The molecule has 2 aliphatic rings. The fourth-order valence-corrected chi connectivity index (χ4v) is 6.15. The smallest absolute Gasteiger partial charge is 0.325 e. The Morgan fingerprint density at radius 2 is 1.73 bits per heavy atom. The van der Waals surface area contributed by atoms with Gasteiger partial charge >= 0.3 is 6.03 Å². The second-order valence-corrected chi connectivity index (χ2v) is 15.0. The first-order valence-electron chi connectivity index (χ1n) is 14.3. The Hall–Kier alpha value is -2.62. The Morgan fingerprint density at radius 1 is 1.07 bits per heavy atom. The van der Waals surface area contributed by atoms with Crippen LogP contribution in [0.3, 0.4) is 0 Å². The molecule has 2 aromatic carbocycles. The van der Waals surface area contributed by atoms with Crippen molar-refractivity contribution >= 4 is 33.3 Å². The summed E-state index contributed by atoms with van der Waals surface area (Å²) < 4.78 is 29.1. The van der Waals surface area contributed by atoms with Crippen LogP contribution in [0.25, 0.3) is 0 Å². The number of sulfone groups is 1. The molecule has 0 unspecified atom stereocenters. The van der Waals surface area contributed by atoms with Crippen LogP contribution in [0, 0.1) is 0 Å². The maximum atomic E-state index is 14.1. The van der Waals surface area contributed by atoms with E-state index in [-0.39, 0.29) is 17.2 Å². The average molecular weight is 603 g/mol. The van der Waals surface area contributed by atoms with Crippen LogP contribution in [0.5, 0.6) is 5.75 Å². The lowest BCUT2D eigenvalue weighted by molar-refractivity contribution is 0.125. The molecule has 1 atom stereocenters. The van der Waals surface area contributed by atoms with Crippen molar-refractivity contribution < 1.29 is 17.9 Å². The zero-order valence-corrected chi connectivity index (χ0v) is 26.7. The second-order valence-electron chi connectivity index (χ2n) is 12.3. The lowest BCUT2D eigenvalue weighted by Gasteiger charge is -2.37. The molecule has 0 spiro atoms. The number of aliphatic imine (C=N–C) groups is 1. The summed E-state index contributed by atoms with van der Waals surface area (Å²) >= 11 is 6.18. The van der Waals surface area contributed by atoms with E-state index in [1.165, 1.54) is 6.26 Å². The van der Waals surface area contributed by atoms with E-state index in [2.05, 4.69) is 37.8 Å². The lowest BCUT2D eigenvalue weighted by atomic mass is 9.86. The number of nitrogens with zero attached hydrogens (tertiary/aromatic N) is 4. The topological polar surface area (TPSA) is 82.5 Å². The fraction of sp³-hybridized carbons (Fsp3) is 0.548. The van der Waals surface area contributed by atoms with Gasteiger partial charge in [0.2, 0.25) is 0 Å². The number of hydrogen-bond acceptors (Lipinski definition) is 6. The number of urea groups is 1. The van der Waals surface area contributed by atoms with E-state index >= 15 is 0 Å². The normalized spacial score (nSPS) is 20.3. The number of rotatable bonds is 8. The number of ether oxygens (including phenoxy) is 1. The van der Waals surface area contributed by atoms with Gasteiger partial charge in [-0.2, -0.15) is 0 Å². The number of carbonyl (C=O) groups is 1. The summed E-state index contributed by atoms with van der Waals surface area (Å²) in [6, 6.07) is 13.8. The van der Waals surface area contributed by atoms with Gasteiger partial charge in [-0.15, -0.1) is 0 Å². The standard InChI is InChI=1S/C31H43ClN4O4S/c1-7-40-27-21-24(30(2,3)4)11-14-26(27)28-33-31(5,23-9-12-25(32)13-10-23)22-36(28)29(37)35-18-16-34(17-19-35)15-8-20-41(6,38)39/h9-14,21H,7-8,15-20,22H2,1-6H3/t31-/m1/s1. The Kier molecular flexibility index (Phi) is 9.41. The fourth-order valence-electron chi connectivity index (χ4n) is 5.37. The quantitative estimate of drug-likeness (QED) is 0.415. The molecule has 0 aliphatic carbocycles. The van der Waals surface area contributed by atoms with Crippen LogP contribution in [0.2, 0.25) is 5.02 Å². The molecular weight excluding hydrogens is 560 g/mol. The Balaban J connectivity index is 1.63. The number of hydrogen-bond donors (Lipinski definition) is 0. The third-order valence-corrected chi connectivity index (χ3v) is 9.07. The van der Waals surface area contributed by atoms with Gasteiger partial charge in [0.1, 0.15) is 27.0 Å². The highest BCUT2D eigenvalue weighted by atomic mass is 35.5. The first-order chi connectivity index (χ1) is 19.2. The SMILES string of the molecule is CCOc1cc(C(C)(C)C)ccc1C1=N[C@@](C)(c2ccc(Cl)cc2)CN1C(=O)N1CCN(CCCS(C)(=O)=O)CC1. The van der Waals surface area contributed by atoms with Gasteiger partial charge in [-0.1, -0.05) is 50.6 Å². The zero-order chi connectivity index (χ0) is 30.0. The summed E-state index contributed by atoms with van der Waals surface area (Å²) in [6.07, 6.45) is 1.87. The number of carbonyl (C=O) groups excluding carboxylic acids is 1. The van der Waals surface area contributed by atoms with Gasteiger partial charge in [-0.3, -0.25) is 14.8 Å². The van der Waals surface area contributed by atoms with Crippen molar-refractivity contribution in [2.45, 2.75) is 52.0 Å². The highest BCUT2D eigenvalue weighted by Crippen LogP contribution is 2.38. The van der Waals surface area contributed by atoms with E-state index in [1.54, 1.807) is 4.90 Å². The molecule has 2 heterocycles. The van der Waals surface area contributed by atoms with Crippen molar-refractivity contribution in [3.05, 3.63) is 64.2 Å². The van der Waals surface area contributed by atoms with E-state index in [9.17, 15) is 13.2 Å². The first-order valence-corrected chi connectivity index (χ1v) is 16.7. The molecular formula is C31H43ClN4O4S. The minimum absolute atomic E-state index is 0.0593. The van der Waals surface area contributed by atoms with Crippen LogP contribution in [0.15, 0.2) is 47.5 Å². The minimum atomic E-state index is -2.98. The van der Waals surface area contributed by atoms with E-state index in [0.29, 0.717) is 68.9 Å². The largest absolute Gasteiger partial charge is 0.493 e. The lowest BCUT2D eigenvalue weighted by Crippen LogP contribution is -2.54. The van der Waals surface area contributed by atoms with Gasteiger partial charge in [0.15, 0.2) is 0 Å². The Bertz CT molecular complexity index is 1380. The zero-order valence-electron chi connectivity index (χ0n) is 25.1. The molecule has 2 amide bonds. The third kappa shape index (κ3) is 7.62. The molecule has 2 aromatic rings. The molecule has 10 heteroatoms. The van der Waals surface area contributed by atoms with Crippen LogP contribution >= 0.6 is 11.6 Å². The number of amides is 2. The maximum Gasteiger partial charge on any atom is 0.325 e. The summed E-state index contributed by atoms with van der Waals surface area (Å²) in [7, 11) is -2.98. The molecule has 1 saturated heterocycles. The van der Waals surface area contributed by atoms with Crippen LogP contribution in [-0.4, -0.2) is 92.9 Å². The van der Waals surface area contributed by atoms with Crippen LogP contribution in [0.4, 0.5) is 4.79 Å². The van der Waals surface area contributed by atoms with E-state index in [0.717, 1.165) is 16.7 Å². The number of halogens is 1. The highest BCUT2D eigenvalue weighted by Gasteiger charge is 2.43. The summed E-state index contributed by atoms with van der Waals surface area (Å²) in [4.78, 5) is 25.2. The highest BCUT2D eigenvalue weighted by molar-refractivity contribution is 7.90. The number of piperazine rings is 1. The van der Waals surface area contributed by atoms with Gasteiger partial charge in [0.05, 0.1) is 24.5 Å². The van der Waals surface area contributed by atoms with Crippen LogP contribution < -0.4 is 4.74 Å². The van der Waals surface area contributed by atoms with Gasteiger partial charge in [-0.25, -0.2) is 13.2 Å². The third-order valence-electron chi connectivity index (χ3n) is 7.79. The summed E-state index contributed by atoms with van der Waals surface area (Å²) in [5.74, 6) is 1.50. The molecule has 224 valence electrons. The first kappa shape index (κ1) is 31.3. The molecule has 0 saturated carbocycles. The van der Waals surface area contributed by atoms with Crippen molar-refractivity contribution in [1.82, 2.24) is 14.7 Å². The average Bonchev–Trinajstić information content (AvgIpc) is 3.26. The monoisotopic (exact) mass is 602 g/mol. The van der Waals surface area contributed by atoms with Gasteiger partial charge in [0.25, 0.3) is 0 Å². The molecule has 0 N–H and O–H groups in total. The van der Waals surface area contributed by atoms with E-state index in [4.69, 9.17) is 21.3 Å². The molecule has 0 radical (unpaired) electrons. The van der Waals surface area contributed by atoms with Gasteiger partial charge < -0.3 is 9.64 Å². The van der Waals surface area contributed by atoms with Gasteiger partial charge in [-0.05, 0) is 67.6 Å². The van der Waals surface area contributed by atoms with Crippen LogP contribution in [-0.2, 0) is 20.8 Å². The minimum Gasteiger partial charge on any atom is -0.493 e. The molecule has 0 aromatic heterocycles.